The lowest BCUT2D eigenvalue weighted by Crippen LogP contribution is -2.69. The van der Waals surface area contributed by atoms with Gasteiger partial charge in [-0.05, 0) is 32.1 Å². The number of amides is 2. The SMILES string of the molecule is CCC1(CC)C(=O)NC(C)C(=O)N1CCC1CC1. The van der Waals surface area contributed by atoms with E-state index in [1.54, 1.807) is 6.92 Å². The summed E-state index contributed by atoms with van der Waals surface area (Å²) in [6, 6.07) is -0.372. The van der Waals surface area contributed by atoms with Crippen molar-refractivity contribution in [2.24, 2.45) is 5.92 Å². The number of rotatable bonds is 5. The number of carbonyl (C=O) groups excluding carboxylic acids is 2. The van der Waals surface area contributed by atoms with Crippen LogP contribution < -0.4 is 5.32 Å². The molecule has 1 N–H and O–H groups in total. The predicted molar refractivity (Wildman–Crippen MR) is 70.0 cm³/mol. The minimum Gasteiger partial charge on any atom is -0.343 e. The second kappa shape index (κ2) is 4.90. The van der Waals surface area contributed by atoms with Crippen LogP contribution >= 0.6 is 0 Å². The minimum absolute atomic E-state index is 0.0235. The molecule has 0 bridgehead atoms. The van der Waals surface area contributed by atoms with Gasteiger partial charge in [0.25, 0.3) is 0 Å². The number of nitrogens with zero attached hydrogens (tertiary/aromatic N) is 1. The second-order valence-corrected chi connectivity index (χ2v) is 5.66. The van der Waals surface area contributed by atoms with Gasteiger partial charge in [-0.2, -0.15) is 0 Å². The lowest BCUT2D eigenvalue weighted by atomic mass is 9.85. The Bertz CT molecular complexity index is 346. The molecule has 0 aromatic rings. The molecular weight excluding hydrogens is 228 g/mol. The molecule has 1 saturated carbocycles. The summed E-state index contributed by atoms with van der Waals surface area (Å²) >= 11 is 0. The fourth-order valence-corrected chi connectivity index (χ4v) is 2.96. The zero-order valence-electron chi connectivity index (χ0n) is 11.7. The van der Waals surface area contributed by atoms with E-state index in [2.05, 4.69) is 5.32 Å². The summed E-state index contributed by atoms with van der Waals surface area (Å²) in [5.74, 6) is 0.888. The van der Waals surface area contributed by atoms with Crippen LogP contribution in [0.3, 0.4) is 0 Å². The zero-order valence-corrected chi connectivity index (χ0v) is 11.7. The summed E-state index contributed by atoms with van der Waals surface area (Å²) in [5, 5.41) is 2.82. The molecule has 2 fully saturated rings. The smallest absolute Gasteiger partial charge is 0.246 e. The van der Waals surface area contributed by atoms with Crippen molar-refractivity contribution in [2.75, 3.05) is 6.54 Å². The Morgan fingerprint density at radius 3 is 2.39 bits per heavy atom. The van der Waals surface area contributed by atoms with E-state index in [0.717, 1.165) is 18.9 Å². The molecule has 0 aromatic heterocycles. The highest BCUT2D eigenvalue weighted by molar-refractivity contribution is 5.99. The van der Waals surface area contributed by atoms with Gasteiger partial charge in [-0.1, -0.05) is 26.7 Å². The normalized spacial score (nSPS) is 27.3. The molecule has 0 spiro atoms. The monoisotopic (exact) mass is 252 g/mol. The van der Waals surface area contributed by atoms with Crippen LogP contribution in [0.4, 0.5) is 0 Å². The van der Waals surface area contributed by atoms with Gasteiger partial charge in [0.1, 0.15) is 11.6 Å². The minimum atomic E-state index is -0.613. The molecule has 0 aromatic carbocycles. The maximum absolute atomic E-state index is 12.3. The van der Waals surface area contributed by atoms with Crippen LogP contribution in [0.2, 0.25) is 0 Å². The summed E-state index contributed by atoms with van der Waals surface area (Å²) in [7, 11) is 0. The predicted octanol–water partition coefficient (Wildman–Crippen LogP) is 1.69. The molecule has 18 heavy (non-hydrogen) atoms. The molecule has 4 heteroatoms. The van der Waals surface area contributed by atoms with Crippen LogP contribution in [-0.4, -0.2) is 34.8 Å². The number of nitrogens with one attached hydrogen (secondary N) is 1. The largest absolute Gasteiger partial charge is 0.343 e. The third-order valence-electron chi connectivity index (χ3n) is 4.55. The van der Waals surface area contributed by atoms with Crippen molar-refractivity contribution in [3.63, 3.8) is 0 Å². The van der Waals surface area contributed by atoms with Crippen molar-refractivity contribution in [1.29, 1.82) is 0 Å². The Kier molecular flexibility index (Phi) is 3.64. The van der Waals surface area contributed by atoms with E-state index in [9.17, 15) is 9.59 Å². The molecule has 102 valence electrons. The third-order valence-corrected chi connectivity index (χ3v) is 4.55. The van der Waals surface area contributed by atoms with Crippen molar-refractivity contribution >= 4 is 11.8 Å². The first-order valence-electron chi connectivity index (χ1n) is 7.17. The fourth-order valence-electron chi connectivity index (χ4n) is 2.96. The summed E-state index contributed by atoms with van der Waals surface area (Å²) in [5.41, 5.74) is -0.613. The Morgan fingerprint density at radius 2 is 1.89 bits per heavy atom. The second-order valence-electron chi connectivity index (χ2n) is 5.66. The number of hydrogen-bond donors (Lipinski definition) is 1. The van der Waals surface area contributed by atoms with Crippen LogP contribution in [0.5, 0.6) is 0 Å². The first-order valence-corrected chi connectivity index (χ1v) is 7.17. The summed E-state index contributed by atoms with van der Waals surface area (Å²) in [6.45, 7) is 6.51. The van der Waals surface area contributed by atoms with Crippen LogP contribution in [-0.2, 0) is 9.59 Å². The Balaban J connectivity index is 2.19. The number of carbonyl (C=O) groups is 2. The zero-order chi connectivity index (χ0) is 13.3. The van der Waals surface area contributed by atoms with E-state index in [0.29, 0.717) is 12.8 Å². The summed E-state index contributed by atoms with van der Waals surface area (Å²) < 4.78 is 0. The summed E-state index contributed by atoms with van der Waals surface area (Å²) in [6.07, 6.45) is 5.01. The van der Waals surface area contributed by atoms with Crippen molar-refractivity contribution < 1.29 is 9.59 Å². The molecule has 2 aliphatic rings. The van der Waals surface area contributed by atoms with Gasteiger partial charge in [0.2, 0.25) is 11.8 Å². The lowest BCUT2D eigenvalue weighted by molar-refractivity contribution is -0.157. The van der Waals surface area contributed by atoms with Gasteiger partial charge in [0.05, 0.1) is 0 Å². The highest BCUT2D eigenvalue weighted by Crippen LogP contribution is 2.35. The van der Waals surface area contributed by atoms with E-state index in [1.807, 2.05) is 18.7 Å². The molecule has 1 atom stereocenters. The molecule has 1 aliphatic heterocycles. The van der Waals surface area contributed by atoms with Gasteiger partial charge in [0, 0.05) is 6.54 Å². The lowest BCUT2D eigenvalue weighted by Gasteiger charge is -2.47. The molecule has 1 heterocycles. The van der Waals surface area contributed by atoms with Gasteiger partial charge in [0.15, 0.2) is 0 Å². The molecule has 0 radical (unpaired) electrons. The van der Waals surface area contributed by atoms with E-state index in [1.165, 1.54) is 12.8 Å². The van der Waals surface area contributed by atoms with Crippen molar-refractivity contribution in [1.82, 2.24) is 10.2 Å². The standard InChI is InChI=1S/C14H24N2O2/c1-4-14(5-2)13(18)15-10(3)12(17)16(14)9-8-11-6-7-11/h10-11H,4-9H2,1-3H3,(H,15,18). The molecule has 1 saturated heterocycles. The fraction of sp³-hybridized carbons (Fsp3) is 0.857. The Morgan fingerprint density at radius 1 is 1.28 bits per heavy atom. The average Bonchev–Trinajstić information content (AvgIpc) is 3.16. The summed E-state index contributed by atoms with van der Waals surface area (Å²) in [4.78, 5) is 26.5. The van der Waals surface area contributed by atoms with E-state index in [4.69, 9.17) is 0 Å². The van der Waals surface area contributed by atoms with E-state index in [-0.39, 0.29) is 17.9 Å². The van der Waals surface area contributed by atoms with E-state index >= 15 is 0 Å². The molecular formula is C14H24N2O2. The van der Waals surface area contributed by atoms with Crippen LogP contribution in [0.25, 0.3) is 0 Å². The van der Waals surface area contributed by atoms with Gasteiger partial charge in [-0.15, -0.1) is 0 Å². The Hall–Kier alpha value is -1.06. The molecule has 2 rings (SSSR count). The first kappa shape index (κ1) is 13.4. The quantitative estimate of drug-likeness (QED) is 0.809. The van der Waals surface area contributed by atoms with Gasteiger partial charge >= 0.3 is 0 Å². The van der Waals surface area contributed by atoms with Gasteiger partial charge in [-0.25, -0.2) is 0 Å². The highest BCUT2D eigenvalue weighted by atomic mass is 16.2. The maximum Gasteiger partial charge on any atom is 0.246 e. The van der Waals surface area contributed by atoms with Crippen molar-refractivity contribution in [3.05, 3.63) is 0 Å². The van der Waals surface area contributed by atoms with Crippen LogP contribution in [0.1, 0.15) is 52.9 Å². The van der Waals surface area contributed by atoms with Crippen molar-refractivity contribution in [2.45, 2.75) is 64.5 Å². The van der Waals surface area contributed by atoms with Crippen LogP contribution in [0, 0.1) is 5.92 Å². The number of hydrogen-bond acceptors (Lipinski definition) is 2. The van der Waals surface area contributed by atoms with Crippen LogP contribution in [0.15, 0.2) is 0 Å². The average molecular weight is 252 g/mol. The van der Waals surface area contributed by atoms with Crippen molar-refractivity contribution in [3.8, 4) is 0 Å². The van der Waals surface area contributed by atoms with E-state index < -0.39 is 5.54 Å². The number of piperazine rings is 1. The van der Waals surface area contributed by atoms with Gasteiger partial charge in [-0.3, -0.25) is 9.59 Å². The Labute approximate surface area is 109 Å². The maximum atomic E-state index is 12.3. The molecule has 1 unspecified atom stereocenters. The third kappa shape index (κ3) is 2.13. The topological polar surface area (TPSA) is 49.4 Å². The first-order chi connectivity index (χ1) is 8.55. The molecule has 4 nitrogen and oxygen atoms in total. The van der Waals surface area contributed by atoms with Gasteiger partial charge < -0.3 is 10.2 Å². The molecule has 1 aliphatic carbocycles. The highest BCUT2D eigenvalue weighted by Gasteiger charge is 2.49. The molecule has 2 amide bonds.